The quantitative estimate of drug-likeness (QED) is 0.847. The van der Waals surface area contributed by atoms with Gasteiger partial charge in [-0.25, -0.2) is 0 Å². The normalized spacial score (nSPS) is 24.6. The third-order valence-electron chi connectivity index (χ3n) is 4.77. The van der Waals surface area contributed by atoms with E-state index in [1.54, 1.807) is 6.07 Å². The molecule has 7 nitrogen and oxygen atoms in total. The van der Waals surface area contributed by atoms with Crippen molar-refractivity contribution in [3.8, 4) is 0 Å². The highest BCUT2D eigenvalue weighted by Gasteiger charge is 2.36. The lowest BCUT2D eigenvalue weighted by Crippen LogP contribution is -2.59. The highest BCUT2D eigenvalue weighted by atomic mass is 16.5. The van der Waals surface area contributed by atoms with E-state index in [9.17, 15) is 0 Å². The first kappa shape index (κ1) is 15.2. The summed E-state index contributed by atoms with van der Waals surface area (Å²) < 4.78 is 5.89. The summed E-state index contributed by atoms with van der Waals surface area (Å²) >= 11 is 0. The van der Waals surface area contributed by atoms with Crippen LogP contribution in [0.2, 0.25) is 0 Å². The Morgan fingerprint density at radius 1 is 1.04 bits per heavy atom. The Balaban J connectivity index is 1.53. The lowest BCUT2D eigenvalue weighted by molar-refractivity contribution is -0.0547. The summed E-state index contributed by atoms with van der Waals surface area (Å²) in [4.78, 5) is 13.0. The van der Waals surface area contributed by atoms with Crippen LogP contribution in [0.3, 0.4) is 0 Å². The molecule has 0 radical (unpaired) electrons. The zero-order chi connectivity index (χ0) is 16.5. The third kappa shape index (κ3) is 2.88. The van der Waals surface area contributed by atoms with Crippen molar-refractivity contribution in [1.29, 1.82) is 0 Å². The minimum atomic E-state index is 0.217. The molecule has 126 valence electrons. The molecule has 0 amide bonds. The topological polar surface area (TPSA) is 93.5 Å². The van der Waals surface area contributed by atoms with Crippen molar-refractivity contribution >= 4 is 17.6 Å². The molecule has 4 rings (SSSR count). The number of fused-ring (bicyclic) bond motifs is 1. The van der Waals surface area contributed by atoms with Crippen molar-refractivity contribution in [2.45, 2.75) is 12.1 Å². The molecule has 1 aromatic heterocycles. The van der Waals surface area contributed by atoms with Crippen LogP contribution in [0.15, 0.2) is 36.4 Å². The smallest absolute Gasteiger partial charge is 0.223 e. The van der Waals surface area contributed by atoms with E-state index in [1.165, 1.54) is 5.56 Å². The van der Waals surface area contributed by atoms with E-state index in [0.29, 0.717) is 17.9 Å². The molecule has 0 bridgehead atoms. The van der Waals surface area contributed by atoms with Crippen molar-refractivity contribution in [2.75, 3.05) is 49.2 Å². The van der Waals surface area contributed by atoms with E-state index in [1.807, 2.05) is 6.07 Å². The lowest BCUT2D eigenvalue weighted by atomic mass is 10.0. The predicted molar refractivity (Wildman–Crippen MR) is 93.6 cm³/mol. The molecule has 3 heterocycles. The molecule has 24 heavy (non-hydrogen) atoms. The Bertz CT molecular complexity index is 689. The number of hydrogen-bond acceptors (Lipinski definition) is 7. The molecule has 2 aromatic rings. The number of benzene rings is 1. The molecule has 2 aliphatic heterocycles. The maximum atomic E-state index is 5.89. The van der Waals surface area contributed by atoms with Crippen LogP contribution in [-0.4, -0.2) is 53.8 Å². The molecule has 4 N–H and O–H groups in total. The fourth-order valence-electron chi connectivity index (χ4n) is 3.64. The number of anilines is 3. The second-order valence-corrected chi connectivity index (χ2v) is 6.31. The van der Waals surface area contributed by atoms with Crippen LogP contribution in [0.4, 0.5) is 17.6 Å². The molecule has 0 saturated carbocycles. The number of aromatic nitrogens is 2. The Labute approximate surface area is 141 Å². The van der Waals surface area contributed by atoms with Crippen molar-refractivity contribution in [2.24, 2.45) is 0 Å². The van der Waals surface area contributed by atoms with Gasteiger partial charge in [0.05, 0.1) is 25.3 Å². The molecule has 7 heteroatoms. The van der Waals surface area contributed by atoms with Gasteiger partial charge in [0, 0.05) is 25.7 Å². The van der Waals surface area contributed by atoms with Crippen LogP contribution < -0.4 is 16.4 Å². The lowest BCUT2D eigenvalue weighted by Gasteiger charge is -2.48. The predicted octanol–water partition coefficient (Wildman–Crippen LogP) is 0.903. The molecular formula is C17H22N6O. The van der Waals surface area contributed by atoms with Gasteiger partial charge in [-0.2, -0.15) is 9.97 Å². The van der Waals surface area contributed by atoms with Gasteiger partial charge in [-0.1, -0.05) is 30.3 Å². The van der Waals surface area contributed by atoms with Crippen molar-refractivity contribution in [1.82, 2.24) is 14.9 Å². The van der Waals surface area contributed by atoms with Crippen molar-refractivity contribution in [3.63, 3.8) is 0 Å². The average Bonchev–Trinajstić information content (AvgIpc) is 2.60. The molecule has 2 aliphatic rings. The molecule has 0 unspecified atom stereocenters. The fourth-order valence-corrected chi connectivity index (χ4v) is 3.64. The van der Waals surface area contributed by atoms with Gasteiger partial charge in [0.15, 0.2) is 0 Å². The van der Waals surface area contributed by atoms with Gasteiger partial charge in [-0.05, 0) is 5.56 Å². The van der Waals surface area contributed by atoms with Gasteiger partial charge in [-0.3, -0.25) is 4.90 Å². The zero-order valence-corrected chi connectivity index (χ0v) is 13.5. The van der Waals surface area contributed by atoms with Crippen LogP contribution in [0.25, 0.3) is 0 Å². The number of nitrogens with zero attached hydrogens (tertiary/aromatic N) is 4. The summed E-state index contributed by atoms with van der Waals surface area (Å²) in [6, 6.07) is 13.0. The number of hydrogen-bond donors (Lipinski definition) is 2. The Hall–Kier alpha value is -2.38. The minimum absolute atomic E-state index is 0.217. The zero-order valence-electron chi connectivity index (χ0n) is 13.5. The van der Waals surface area contributed by atoms with Crippen molar-refractivity contribution in [3.05, 3.63) is 42.0 Å². The summed E-state index contributed by atoms with van der Waals surface area (Å²) in [7, 11) is 0. The second kappa shape index (κ2) is 6.26. The molecule has 2 atom stereocenters. The molecule has 1 aromatic carbocycles. The number of nitrogen functional groups attached to an aromatic ring is 2. The van der Waals surface area contributed by atoms with Crippen LogP contribution in [-0.2, 0) is 4.74 Å². The number of morpholine rings is 1. The van der Waals surface area contributed by atoms with Gasteiger partial charge >= 0.3 is 0 Å². The number of nitrogens with two attached hydrogens (primary N) is 2. The standard InChI is InChI=1S/C17H22N6O/c18-15-8-16(21-17(19)20-15)22-6-7-23-13(9-22)10-24-11-14(23)12-4-2-1-3-5-12/h1-5,8,13-14H,6-7,9-11H2,(H4,18,19,20,21)/t13-,14-/m1/s1. The first-order chi connectivity index (χ1) is 11.7. The second-order valence-electron chi connectivity index (χ2n) is 6.31. The first-order valence-corrected chi connectivity index (χ1v) is 8.24. The average molecular weight is 326 g/mol. The Morgan fingerprint density at radius 2 is 1.88 bits per heavy atom. The summed E-state index contributed by atoms with van der Waals surface area (Å²) in [5, 5.41) is 0. The van der Waals surface area contributed by atoms with E-state index in [4.69, 9.17) is 16.2 Å². The van der Waals surface area contributed by atoms with Gasteiger partial charge in [-0.15, -0.1) is 0 Å². The van der Waals surface area contributed by atoms with E-state index in [-0.39, 0.29) is 5.95 Å². The molecule has 2 fully saturated rings. The third-order valence-corrected chi connectivity index (χ3v) is 4.77. The van der Waals surface area contributed by atoms with Gasteiger partial charge in [0.1, 0.15) is 11.6 Å². The molecule has 2 saturated heterocycles. The first-order valence-electron chi connectivity index (χ1n) is 8.24. The van der Waals surface area contributed by atoms with E-state index in [0.717, 1.165) is 38.7 Å². The monoisotopic (exact) mass is 326 g/mol. The number of rotatable bonds is 2. The van der Waals surface area contributed by atoms with Crippen LogP contribution in [0.5, 0.6) is 0 Å². The molecular weight excluding hydrogens is 304 g/mol. The SMILES string of the molecule is Nc1cc(N2CCN3[C@@H](COC[C@@H]3c3ccccc3)C2)nc(N)n1. The fraction of sp³-hybridized carbons (Fsp3) is 0.412. The molecule has 0 aliphatic carbocycles. The van der Waals surface area contributed by atoms with Gasteiger partial charge < -0.3 is 21.1 Å². The number of ether oxygens (including phenoxy) is 1. The highest BCUT2D eigenvalue weighted by Crippen LogP contribution is 2.30. The van der Waals surface area contributed by atoms with Crippen LogP contribution >= 0.6 is 0 Å². The summed E-state index contributed by atoms with van der Waals surface area (Å²) in [6.07, 6.45) is 0. The number of piperazine rings is 1. The van der Waals surface area contributed by atoms with Crippen LogP contribution in [0.1, 0.15) is 11.6 Å². The van der Waals surface area contributed by atoms with Gasteiger partial charge in [0.2, 0.25) is 5.95 Å². The highest BCUT2D eigenvalue weighted by molar-refractivity contribution is 5.51. The van der Waals surface area contributed by atoms with E-state index in [2.05, 4.69) is 44.0 Å². The minimum Gasteiger partial charge on any atom is -0.383 e. The Kier molecular flexibility index (Phi) is 3.95. The Morgan fingerprint density at radius 3 is 2.67 bits per heavy atom. The molecule has 0 spiro atoms. The van der Waals surface area contributed by atoms with E-state index >= 15 is 0 Å². The van der Waals surface area contributed by atoms with Crippen LogP contribution in [0, 0.1) is 0 Å². The van der Waals surface area contributed by atoms with E-state index < -0.39 is 0 Å². The van der Waals surface area contributed by atoms with Crippen molar-refractivity contribution < 1.29 is 4.74 Å². The maximum absolute atomic E-state index is 5.89. The summed E-state index contributed by atoms with van der Waals surface area (Å²) in [5.74, 6) is 1.41. The summed E-state index contributed by atoms with van der Waals surface area (Å²) in [5.41, 5.74) is 12.8. The maximum Gasteiger partial charge on any atom is 0.223 e. The van der Waals surface area contributed by atoms with Gasteiger partial charge in [0.25, 0.3) is 0 Å². The largest absolute Gasteiger partial charge is 0.383 e. The summed E-state index contributed by atoms with van der Waals surface area (Å²) in [6.45, 7) is 4.16.